The van der Waals surface area contributed by atoms with Gasteiger partial charge in [-0.3, -0.25) is 4.90 Å². The molecule has 0 N–H and O–H groups in total. The maximum atomic E-state index is 15.0. The van der Waals surface area contributed by atoms with E-state index in [2.05, 4.69) is 37.5 Å². The molecule has 182 valence electrons. The lowest BCUT2D eigenvalue weighted by Gasteiger charge is -2.40. The number of ether oxygens (including phenoxy) is 2. The van der Waals surface area contributed by atoms with Crippen molar-refractivity contribution in [3.63, 3.8) is 0 Å². The molecule has 0 spiro atoms. The van der Waals surface area contributed by atoms with Crippen LogP contribution in [-0.2, 0) is 11.3 Å². The molecule has 34 heavy (non-hydrogen) atoms. The van der Waals surface area contributed by atoms with Gasteiger partial charge >= 0.3 is 0 Å². The highest BCUT2D eigenvalue weighted by molar-refractivity contribution is 5.85. The fourth-order valence-corrected chi connectivity index (χ4v) is 4.75. The lowest BCUT2D eigenvalue weighted by molar-refractivity contribution is 0.0906. The summed E-state index contributed by atoms with van der Waals surface area (Å²) in [6.07, 6.45) is 2.14. The van der Waals surface area contributed by atoms with Gasteiger partial charge < -0.3 is 14.4 Å². The van der Waals surface area contributed by atoms with Crippen LogP contribution in [0.25, 0.3) is 0 Å². The van der Waals surface area contributed by atoms with Gasteiger partial charge in [-0.25, -0.2) is 9.07 Å². The number of tetrazole rings is 1. The third-order valence-electron chi connectivity index (χ3n) is 6.52. The fraction of sp³-hybridized carbons (Fsp3) is 0.458. The molecule has 0 bridgehead atoms. The molecule has 2 saturated heterocycles. The summed E-state index contributed by atoms with van der Waals surface area (Å²) in [6, 6.07) is 14.7. The molecule has 2 atom stereocenters. The Bertz CT molecular complexity index is 1050. The van der Waals surface area contributed by atoms with Crippen molar-refractivity contribution in [1.82, 2.24) is 25.1 Å². The first kappa shape index (κ1) is 24.4. The molecule has 2 aliphatic heterocycles. The highest BCUT2D eigenvalue weighted by Crippen LogP contribution is 2.31. The van der Waals surface area contributed by atoms with Gasteiger partial charge in [-0.1, -0.05) is 18.2 Å². The summed E-state index contributed by atoms with van der Waals surface area (Å²) < 4.78 is 27.8. The lowest BCUT2D eigenvalue weighted by atomic mass is 10.0. The number of halogens is 2. The largest absolute Gasteiger partial charge is 0.497 e. The summed E-state index contributed by atoms with van der Waals surface area (Å²) in [5, 5.41) is 12.5. The summed E-state index contributed by atoms with van der Waals surface area (Å²) in [5.74, 6) is 1.26. The van der Waals surface area contributed by atoms with Gasteiger partial charge in [-0.05, 0) is 53.6 Å². The smallest absolute Gasteiger partial charge is 0.173 e. The molecule has 8 nitrogen and oxygen atoms in total. The van der Waals surface area contributed by atoms with Gasteiger partial charge in [0.05, 0.1) is 19.8 Å². The maximum Gasteiger partial charge on any atom is 0.173 e. The zero-order valence-corrected chi connectivity index (χ0v) is 20.0. The summed E-state index contributed by atoms with van der Waals surface area (Å²) in [5.41, 5.74) is 1.75. The van der Waals surface area contributed by atoms with Gasteiger partial charge in [-0.2, -0.15) is 0 Å². The van der Waals surface area contributed by atoms with Crippen LogP contribution in [0.2, 0.25) is 0 Å². The van der Waals surface area contributed by atoms with Crippen molar-refractivity contribution < 1.29 is 13.9 Å². The Morgan fingerprint density at radius 2 is 1.85 bits per heavy atom. The van der Waals surface area contributed by atoms with Gasteiger partial charge in [0, 0.05) is 44.0 Å². The minimum Gasteiger partial charge on any atom is -0.497 e. The molecule has 0 saturated carbocycles. The second-order valence-corrected chi connectivity index (χ2v) is 8.50. The van der Waals surface area contributed by atoms with Gasteiger partial charge in [0.15, 0.2) is 5.82 Å². The van der Waals surface area contributed by atoms with Crippen LogP contribution in [0, 0.1) is 5.82 Å². The number of benzene rings is 2. The monoisotopic (exact) mass is 488 g/mol. The first-order valence-electron chi connectivity index (χ1n) is 11.5. The molecule has 3 heterocycles. The van der Waals surface area contributed by atoms with Gasteiger partial charge in [0.25, 0.3) is 0 Å². The highest BCUT2D eigenvalue weighted by atomic mass is 35.5. The Balaban J connectivity index is 0.00000274. The third-order valence-corrected chi connectivity index (χ3v) is 6.52. The second-order valence-electron chi connectivity index (χ2n) is 8.50. The Labute approximate surface area is 205 Å². The van der Waals surface area contributed by atoms with Gasteiger partial charge in [0.2, 0.25) is 0 Å². The van der Waals surface area contributed by atoms with Crippen molar-refractivity contribution in [2.75, 3.05) is 44.8 Å². The Morgan fingerprint density at radius 1 is 1.09 bits per heavy atom. The number of anilines is 1. The number of nitrogens with zero attached hydrogens (tertiary/aromatic N) is 6. The quantitative estimate of drug-likeness (QED) is 0.505. The molecule has 2 unspecified atom stereocenters. The van der Waals surface area contributed by atoms with Crippen molar-refractivity contribution in [2.24, 2.45) is 0 Å². The minimum absolute atomic E-state index is 0. The standard InChI is InChI=1S/C24H29FN6O2.ClH/c1-32-19-10-8-18(9-11-19)29-12-14-30(15-13-29)23(21-6-2-3-7-22(21)25)24-26-27-28-31(24)17-20-5-4-16-33-20;/h2-3,6-11,20,23H,4-5,12-17H2,1H3;1H. The van der Waals surface area contributed by atoms with Crippen LogP contribution in [0.3, 0.4) is 0 Å². The van der Waals surface area contributed by atoms with Crippen LogP contribution in [0.4, 0.5) is 10.1 Å². The zero-order chi connectivity index (χ0) is 22.6. The highest BCUT2D eigenvalue weighted by Gasteiger charge is 2.33. The number of methoxy groups -OCH3 is 1. The van der Waals surface area contributed by atoms with E-state index >= 15 is 0 Å². The summed E-state index contributed by atoms with van der Waals surface area (Å²) in [6.45, 7) is 4.52. The summed E-state index contributed by atoms with van der Waals surface area (Å²) >= 11 is 0. The first-order valence-corrected chi connectivity index (χ1v) is 11.5. The Morgan fingerprint density at radius 3 is 2.53 bits per heavy atom. The Hall–Kier alpha value is -2.75. The Kier molecular flexibility index (Phi) is 7.97. The maximum absolute atomic E-state index is 15.0. The molecular weight excluding hydrogens is 459 g/mol. The van der Waals surface area contributed by atoms with Gasteiger partial charge in [-0.15, -0.1) is 17.5 Å². The number of aromatic nitrogens is 4. The lowest BCUT2D eigenvalue weighted by Crippen LogP contribution is -2.48. The van der Waals surface area contributed by atoms with Crippen LogP contribution in [-0.4, -0.2) is 71.1 Å². The molecule has 3 aromatic rings. The topological polar surface area (TPSA) is 68.5 Å². The summed E-state index contributed by atoms with van der Waals surface area (Å²) in [7, 11) is 1.67. The number of hydrogen-bond donors (Lipinski definition) is 0. The first-order chi connectivity index (χ1) is 16.2. The fourth-order valence-electron chi connectivity index (χ4n) is 4.75. The van der Waals surface area contributed by atoms with Crippen LogP contribution < -0.4 is 9.64 Å². The van der Waals surface area contributed by atoms with E-state index in [1.165, 1.54) is 6.07 Å². The summed E-state index contributed by atoms with van der Waals surface area (Å²) in [4.78, 5) is 4.61. The van der Waals surface area contributed by atoms with E-state index in [0.717, 1.165) is 57.1 Å². The average molecular weight is 489 g/mol. The minimum atomic E-state index is -0.361. The number of hydrogen-bond acceptors (Lipinski definition) is 7. The normalized spacial score (nSPS) is 19.6. The second kappa shape index (κ2) is 11.1. The van der Waals surface area contributed by atoms with E-state index in [-0.39, 0.29) is 30.4 Å². The van der Waals surface area contributed by atoms with Crippen molar-refractivity contribution in [3.05, 3.63) is 65.7 Å². The van der Waals surface area contributed by atoms with E-state index < -0.39 is 0 Å². The van der Waals surface area contributed by atoms with E-state index in [4.69, 9.17) is 9.47 Å². The van der Waals surface area contributed by atoms with Crippen molar-refractivity contribution in [1.29, 1.82) is 0 Å². The molecule has 2 fully saturated rings. The molecule has 2 aromatic carbocycles. The third kappa shape index (κ3) is 5.16. The predicted molar refractivity (Wildman–Crippen MR) is 129 cm³/mol. The van der Waals surface area contributed by atoms with Crippen LogP contribution in [0.5, 0.6) is 5.75 Å². The van der Waals surface area contributed by atoms with Crippen molar-refractivity contribution >= 4 is 18.1 Å². The van der Waals surface area contributed by atoms with Crippen LogP contribution >= 0.6 is 12.4 Å². The van der Waals surface area contributed by atoms with E-state index in [1.54, 1.807) is 17.9 Å². The molecular formula is C24H30ClFN6O2. The molecule has 0 radical (unpaired) electrons. The van der Waals surface area contributed by atoms with Crippen molar-refractivity contribution in [2.45, 2.75) is 31.5 Å². The van der Waals surface area contributed by atoms with Crippen molar-refractivity contribution in [3.8, 4) is 5.75 Å². The average Bonchev–Trinajstić information content (AvgIpc) is 3.54. The van der Waals surface area contributed by atoms with E-state index in [0.29, 0.717) is 17.9 Å². The number of piperazine rings is 1. The van der Waals surface area contributed by atoms with Crippen LogP contribution in [0.1, 0.15) is 30.3 Å². The van der Waals surface area contributed by atoms with Gasteiger partial charge in [0.1, 0.15) is 17.6 Å². The molecule has 2 aliphatic rings. The molecule has 0 aliphatic carbocycles. The van der Waals surface area contributed by atoms with E-state index in [1.807, 2.05) is 24.3 Å². The molecule has 0 amide bonds. The molecule has 1 aromatic heterocycles. The molecule has 10 heteroatoms. The predicted octanol–water partition coefficient (Wildman–Crippen LogP) is 3.33. The van der Waals surface area contributed by atoms with Crippen LogP contribution in [0.15, 0.2) is 48.5 Å². The molecule has 5 rings (SSSR count). The number of rotatable bonds is 7. The SMILES string of the molecule is COc1ccc(N2CCN(C(c3ccccc3F)c3nnnn3CC3CCCO3)CC2)cc1.Cl. The van der Waals surface area contributed by atoms with E-state index in [9.17, 15) is 4.39 Å². The zero-order valence-electron chi connectivity index (χ0n) is 19.2.